The van der Waals surface area contributed by atoms with E-state index in [4.69, 9.17) is 0 Å². The molecule has 2 N–H and O–H groups in total. The van der Waals surface area contributed by atoms with Gasteiger partial charge in [-0.2, -0.15) is 0 Å². The molecule has 0 spiro atoms. The minimum Gasteiger partial charge on any atom is -0.340 e. The van der Waals surface area contributed by atoms with Crippen molar-refractivity contribution in [3.8, 4) is 0 Å². The second-order valence-electron chi connectivity index (χ2n) is 6.97. The molecule has 32 heavy (non-hydrogen) atoms. The molecule has 1 atom stereocenters. The van der Waals surface area contributed by atoms with Gasteiger partial charge in [-0.3, -0.25) is 9.52 Å². The first-order valence-corrected chi connectivity index (χ1v) is 12.1. The molecule has 0 fully saturated rings. The van der Waals surface area contributed by atoms with Crippen LogP contribution in [0.5, 0.6) is 0 Å². The molecule has 0 saturated heterocycles. The van der Waals surface area contributed by atoms with E-state index in [1.165, 1.54) is 47.7 Å². The lowest BCUT2D eigenvalue weighted by Gasteiger charge is -2.18. The number of thiophene rings is 1. The molecule has 3 aromatic carbocycles. The third-order valence-corrected chi connectivity index (χ3v) is 7.09. The molecule has 162 valence electrons. The van der Waals surface area contributed by atoms with Crippen LogP contribution in [0.15, 0.2) is 101 Å². The highest BCUT2D eigenvalue weighted by Crippen LogP contribution is 2.27. The van der Waals surface area contributed by atoms with E-state index in [9.17, 15) is 17.6 Å². The first kappa shape index (κ1) is 21.7. The van der Waals surface area contributed by atoms with Crippen molar-refractivity contribution < 1.29 is 17.6 Å². The molecule has 4 aromatic rings. The molecular weight excluding hydrogens is 447 g/mol. The van der Waals surface area contributed by atoms with Crippen LogP contribution in [0, 0.1) is 5.82 Å². The normalized spacial score (nSPS) is 12.2. The van der Waals surface area contributed by atoms with Crippen LogP contribution in [-0.2, 0) is 10.0 Å². The molecule has 1 heterocycles. The number of hydrogen-bond acceptors (Lipinski definition) is 4. The largest absolute Gasteiger partial charge is 0.340 e. The fourth-order valence-electron chi connectivity index (χ4n) is 3.15. The van der Waals surface area contributed by atoms with Gasteiger partial charge in [0.05, 0.1) is 10.9 Å². The van der Waals surface area contributed by atoms with Crippen molar-refractivity contribution in [2.24, 2.45) is 0 Å². The third-order valence-electron chi connectivity index (χ3n) is 4.76. The lowest BCUT2D eigenvalue weighted by atomic mass is 10.0. The second-order valence-corrected chi connectivity index (χ2v) is 9.63. The van der Waals surface area contributed by atoms with Crippen LogP contribution in [0.4, 0.5) is 10.1 Å². The number of carbonyl (C=O) groups excluding carboxylic acids is 1. The van der Waals surface area contributed by atoms with Crippen LogP contribution < -0.4 is 10.0 Å². The average Bonchev–Trinajstić information content (AvgIpc) is 3.33. The van der Waals surface area contributed by atoms with Gasteiger partial charge in [0.1, 0.15) is 5.82 Å². The van der Waals surface area contributed by atoms with E-state index in [0.29, 0.717) is 11.3 Å². The van der Waals surface area contributed by atoms with Gasteiger partial charge in [0.15, 0.2) is 0 Å². The van der Waals surface area contributed by atoms with Gasteiger partial charge in [-0.1, -0.05) is 36.4 Å². The smallest absolute Gasteiger partial charge is 0.261 e. The number of hydrogen-bond donors (Lipinski definition) is 2. The lowest BCUT2D eigenvalue weighted by Crippen LogP contribution is -2.28. The maximum absolute atomic E-state index is 13.4. The molecule has 4 rings (SSSR count). The molecule has 5 nitrogen and oxygen atoms in total. The van der Waals surface area contributed by atoms with Gasteiger partial charge >= 0.3 is 0 Å². The molecule has 0 radical (unpaired) electrons. The van der Waals surface area contributed by atoms with Crippen LogP contribution in [0.1, 0.15) is 26.8 Å². The highest BCUT2D eigenvalue weighted by Gasteiger charge is 2.19. The molecule has 0 aliphatic heterocycles. The summed E-state index contributed by atoms with van der Waals surface area (Å²) in [4.78, 5) is 14.0. The Hall–Kier alpha value is -3.49. The van der Waals surface area contributed by atoms with Crippen LogP contribution >= 0.6 is 11.3 Å². The summed E-state index contributed by atoms with van der Waals surface area (Å²) < 4.78 is 40.8. The standard InChI is InChI=1S/C24H19FN2O3S2/c25-19-12-8-17(9-13-19)23(22-7-4-16-31-22)26-24(28)18-10-14-20(15-11-18)27-32(29,30)21-5-2-1-3-6-21/h1-16,23,27H,(H,26,28). The van der Waals surface area contributed by atoms with Crippen molar-refractivity contribution in [3.63, 3.8) is 0 Å². The fraction of sp³-hybridized carbons (Fsp3) is 0.0417. The van der Waals surface area contributed by atoms with Crippen LogP contribution in [0.2, 0.25) is 0 Å². The number of carbonyl (C=O) groups is 1. The zero-order chi connectivity index (χ0) is 22.6. The number of halogens is 1. The first-order valence-electron chi connectivity index (χ1n) is 9.70. The van der Waals surface area contributed by atoms with Crippen LogP contribution in [0.3, 0.4) is 0 Å². The van der Waals surface area contributed by atoms with E-state index in [-0.39, 0.29) is 16.6 Å². The predicted octanol–water partition coefficient (Wildman–Crippen LogP) is 5.21. The molecule has 0 aliphatic rings. The Morgan fingerprint density at radius 3 is 2.16 bits per heavy atom. The average molecular weight is 467 g/mol. The van der Waals surface area contributed by atoms with Gasteiger partial charge in [-0.25, -0.2) is 12.8 Å². The first-order chi connectivity index (χ1) is 15.4. The lowest BCUT2D eigenvalue weighted by molar-refractivity contribution is 0.0943. The Morgan fingerprint density at radius 2 is 1.53 bits per heavy atom. The summed E-state index contributed by atoms with van der Waals surface area (Å²) in [6.07, 6.45) is 0. The summed E-state index contributed by atoms with van der Waals surface area (Å²) >= 11 is 1.49. The minimum atomic E-state index is -3.71. The van der Waals surface area contributed by atoms with Gasteiger partial charge < -0.3 is 5.32 Å². The highest BCUT2D eigenvalue weighted by atomic mass is 32.2. The Kier molecular flexibility index (Phi) is 6.34. The minimum absolute atomic E-state index is 0.153. The van der Waals surface area contributed by atoms with Crippen molar-refractivity contribution in [2.45, 2.75) is 10.9 Å². The van der Waals surface area contributed by atoms with E-state index < -0.39 is 16.1 Å². The molecule has 0 saturated carbocycles. The summed E-state index contributed by atoms with van der Waals surface area (Å²) in [5.41, 5.74) is 1.48. The summed E-state index contributed by atoms with van der Waals surface area (Å²) in [5, 5.41) is 4.88. The van der Waals surface area contributed by atoms with Crippen LogP contribution in [0.25, 0.3) is 0 Å². The molecular formula is C24H19FN2O3S2. The maximum Gasteiger partial charge on any atom is 0.261 e. The number of amides is 1. The molecule has 8 heteroatoms. The highest BCUT2D eigenvalue weighted by molar-refractivity contribution is 7.92. The van der Waals surface area contributed by atoms with Gasteiger partial charge in [0, 0.05) is 16.1 Å². The third kappa shape index (κ3) is 5.04. The molecule has 1 aromatic heterocycles. The Labute approximate surface area is 189 Å². The Bertz CT molecular complexity index is 1290. The maximum atomic E-state index is 13.4. The molecule has 0 bridgehead atoms. The summed E-state index contributed by atoms with van der Waals surface area (Å²) in [6, 6.07) is 23.6. The van der Waals surface area contributed by atoms with Gasteiger partial charge in [-0.15, -0.1) is 11.3 Å². The Balaban J connectivity index is 1.51. The quantitative estimate of drug-likeness (QED) is 0.393. The molecule has 1 unspecified atom stereocenters. The summed E-state index contributed by atoms with van der Waals surface area (Å²) in [5.74, 6) is -0.677. The monoisotopic (exact) mass is 466 g/mol. The second kappa shape index (κ2) is 9.33. The molecule has 0 aliphatic carbocycles. The zero-order valence-corrected chi connectivity index (χ0v) is 18.4. The predicted molar refractivity (Wildman–Crippen MR) is 124 cm³/mol. The summed E-state index contributed by atoms with van der Waals surface area (Å²) in [6.45, 7) is 0. The van der Waals surface area contributed by atoms with E-state index in [0.717, 1.165) is 10.4 Å². The van der Waals surface area contributed by atoms with Gasteiger partial charge in [0.2, 0.25) is 0 Å². The SMILES string of the molecule is O=C(NC(c1ccc(F)cc1)c1cccs1)c1ccc(NS(=O)(=O)c2ccccc2)cc1. The van der Waals surface area contributed by atoms with E-state index in [1.807, 2.05) is 17.5 Å². The van der Waals surface area contributed by atoms with Crippen molar-refractivity contribution in [1.29, 1.82) is 0 Å². The van der Waals surface area contributed by atoms with E-state index in [1.54, 1.807) is 42.5 Å². The van der Waals surface area contributed by atoms with Crippen LogP contribution in [-0.4, -0.2) is 14.3 Å². The zero-order valence-electron chi connectivity index (χ0n) is 16.7. The van der Waals surface area contributed by atoms with Crippen molar-refractivity contribution in [2.75, 3.05) is 4.72 Å². The fourth-order valence-corrected chi connectivity index (χ4v) is 5.03. The van der Waals surface area contributed by atoms with Crippen molar-refractivity contribution >= 4 is 33.0 Å². The number of sulfonamides is 1. The van der Waals surface area contributed by atoms with E-state index in [2.05, 4.69) is 10.0 Å². The number of benzene rings is 3. The van der Waals surface area contributed by atoms with Crippen molar-refractivity contribution in [3.05, 3.63) is 118 Å². The summed E-state index contributed by atoms with van der Waals surface area (Å²) in [7, 11) is -3.71. The topological polar surface area (TPSA) is 75.3 Å². The van der Waals surface area contributed by atoms with E-state index >= 15 is 0 Å². The van der Waals surface area contributed by atoms with Gasteiger partial charge in [0.25, 0.3) is 15.9 Å². The molecule has 1 amide bonds. The Morgan fingerprint density at radius 1 is 0.844 bits per heavy atom. The number of rotatable bonds is 7. The number of nitrogens with one attached hydrogen (secondary N) is 2. The van der Waals surface area contributed by atoms with Gasteiger partial charge in [-0.05, 0) is 65.5 Å². The number of anilines is 1. The van der Waals surface area contributed by atoms with Crippen molar-refractivity contribution in [1.82, 2.24) is 5.32 Å².